The lowest BCUT2D eigenvalue weighted by Gasteiger charge is -2.04. The van der Waals surface area contributed by atoms with Crippen molar-refractivity contribution in [2.75, 3.05) is 0 Å². The van der Waals surface area contributed by atoms with Crippen LogP contribution < -0.4 is 0 Å². The molecule has 0 aliphatic carbocycles. The van der Waals surface area contributed by atoms with E-state index in [4.69, 9.17) is 0 Å². The molecule has 0 bridgehead atoms. The highest BCUT2D eigenvalue weighted by molar-refractivity contribution is 5.66. The summed E-state index contributed by atoms with van der Waals surface area (Å²) in [7, 11) is 0. The summed E-state index contributed by atoms with van der Waals surface area (Å²) in [6.45, 7) is 2.81. The summed E-state index contributed by atoms with van der Waals surface area (Å²) in [5.74, 6) is 0.242. The van der Waals surface area contributed by atoms with E-state index in [2.05, 4.69) is 29.4 Å². The second kappa shape index (κ2) is 6.43. The van der Waals surface area contributed by atoms with Crippen LogP contribution in [0.25, 0.3) is 11.3 Å². The second-order valence-electron chi connectivity index (χ2n) is 5.39. The Balaban J connectivity index is 1.86. The van der Waals surface area contributed by atoms with E-state index in [0.717, 1.165) is 18.4 Å². The second-order valence-corrected chi connectivity index (χ2v) is 5.39. The van der Waals surface area contributed by atoms with Gasteiger partial charge in [-0.2, -0.15) is 0 Å². The topological polar surface area (TPSA) is 50.9 Å². The van der Waals surface area contributed by atoms with Crippen LogP contribution in [0.4, 0.5) is 0 Å². The first-order valence-electron chi connectivity index (χ1n) is 7.52. The van der Waals surface area contributed by atoms with Crippen molar-refractivity contribution in [3.05, 3.63) is 65.9 Å². The fraction of sp³-hybridized carbons (Fsp3) is 0.222. The van der Waals surface area contributed by atoms with Crippen molar-refractivity contribution in [1.29, 1.82) is 0 Å². The number of hydrogen-bond acceptors (Lipinski definition) is 3. The molecule has 0 atom stereocenters. The van der Waals surface area contributed by atoms with Crippen LogP contribution in [0.3, 0.4) is 0 Å². The zero-order valence-corrected chi connectivity index (χ0v) is 12.6. The van der Waals surface area contributed by atoms with Gasteiger partial charge in [-0.25, -0.2) is 4.68 Å². The molecule has 3 aromatic rings. The number of aromatic hydroxyl groups is 1. The summed E-state index contributed by atoms with van der Waals surface area (Å²) < 4.78 is 1.79. The van der Waals surface area contributed by atoms with Gasteiger partial charge in [-0.3, -0.25) is 0 Å². The van der Waals surface area contributed by atoms with E-state index in [1.807, 2.05) is 36.5 Å². The normalized spacial score (nSPS) is 10.8. The minimum atomic E-state index is 0.242. The van der Waals surface area contributed by atoms with E-state index in [1.165, 1.54) is 11.1 Å². The van der Waals surface area contributed by atoms with Crippen molar-refractivity contribution in [2.24, 2.45) is 0 Å². The van der Waals surface area contributed by atoms with Crippen LogP contribution >= 0.6 is 0 Å². The molecule has 112 valence electrons. The molecule has 0 radical (unpaired) electrons. The summed E-state index contributed by atoms with van der Waals surface area (Å²) >= 11 is 0. The molecule has 4 heteroatoms. The van der Waals surface area contributed by atoms with Crippen LogP contribution in [-0.4, -0.2) is 20.1 Å². The highest BCUT2D eigenvalue weighted by Gasteiger charge is 2.10. The molecule has 0 saturated carbocycles. The van der Waals surface area contributed by atoms with Crippen molar-refractivity contribution < 1.29 is 5.11 Å². The average molecular weight is 293 g/mol. The Labute approximate surface area is 130 Å². The molecule has 1 heterocycles. The van der Waals surface area contributed by atoms with E-state index >= 15 is 0 Å². The standard InChI is InChI=1S/C18H19N3O/c1-2-6-14-9-10-18(22)16(11-14)17-13-21(20-19-17)12-15-7-4-3-5-8-15/h3-5,7-11,13,22H,2,6,12H2,1H3. The van der Waals surface area contributed by atoms with Gasteiger partial charge in [0.15, 0.2) is 0 Å². The smallest absolute Gasteiger partial charge is 0.125 e. The third-order valence-electron chi connectivity index (χ3n) is 3.60. The Hall–Kier alpha value is -2.62. The van der Waals surface area contributed by atoms with Gasteiger partial charge in [-0.05, 0) is 29.7 Å². The summed E-state index contributed by atoms with van der Waals surface area (Å²) in [4.78, 5) is 0. The summed E-state index contributed by atoms with van der Waals surface area (Å²) in [5, 5.41) is 18.4. The molecule has 1 N–H and O–H groups in total. The Morgan fingerprint density at radius 3 is 2.64 bits per heavy atom. The quantitative estimate of drug-likeness (QED) is 0.781. The SMILES string of the molecule is CCCc1ccc(O)c(-c2cn(Cc3ccccc3)nn2)c1. The molecule has 0 aliphatic rings. The van der Waals surface area contributed by atoms with E-state index in [1.54, 1.807) is 10.7 Å². The van der Waals surface area contributed by atoms with Gasteiger partial charge in [0.25, 0.3) is 0 Å². The van der Waals surface area contributed by atoms with Crippen LogP contribution in [0.2, 0.25) is 0 Å². The number of hydrogen-bond donors (Lipinski definition) is 1. The Bertz CT molecular complexity index is 750. The summed E-state index contributed by atoms with van der Waals surface area (Å²) in [6, 6.07) is 15.8. The van der Waals surface area contributed by atoms with Gasteiger partial charge in [0.2, 0.25) is 0 Å². The molecule has 0 unspecified atom stereocenters. The van der Waals surface area contributed by atoms with Gasteiger partial charge < -0.3 is 5.11 Å². The lowest BCUT2D eigenvalue weighted by Crippen LogP contribution is -1.99. The van der Waals surface area contributed by atoms with E-state index in [-0.39, 0.29) is 5.75 Å². The van der Waals surface area contributed by atoms with E-state index in [9.17, 15) is 5.11 Å². The molecule has 3 rings (SSSR count). The predicted molar refractivity (Wildman–Crippen MR) is 86.7 cm³/mol. The predicted octanol–water partition coefficient (Wildman–Crippen LogP) is 3.65. The van der Waals surface area contributed by atoms with E-state index < -0.39 is 0 Å². The van der Waals surface area contributed by atoms with Crippen molar-refractivity contribution in [2.45, 2.75) is 26.3 Å². The number of aromatic nitrogens is 3. The van der Waals surface area contributed by atoms with Gasteiger partial charge in [0, 0.05) is 5.56 Å². The molecule has 1 aromatic heterocycles. The van der Waals surface area contributed by atoms with Crippen molar-refractivity contribution in [1.82, 2.24) is 15.0 Å². The molecule has 4 nitrogen and oxygen atoms in total. The Kier molecular flexibility index (Phi) is 4.19. The molecular weight excluding hydrogens is 274 g/mol. The fourth-order valence-electron chi connectivity index (χ4n) is 2.50. The minimum absolute atomic E-state index is 0.242. The highest BCUT2D eigenvalue weighted by Crippen LogP contribution is 2.28. The van der Waals surface area contributed by atoms with Crippen LogP contribution in [0.5, 0.6) is 5.75 Å². The number of benzene rings is 2. The summed E-state index contributed by atoms with van der Waals surface area (Å²) in [5.41, 5.74) is 3.81. The van der Waals surface area contributed by atoms with Gasteiger partial charge in [-0.1, -0.05) is 55.0 Å². The third kappa shape index (κ3) is 3.17. The lowest BCUT2D eigenvalue weighted by molar-refractivity contribution is 0.477. The van der Waals surface area contributed by atoms with Crippen molar-refractivity contribution >= 4 is 0 Å². The zero-order valence-electron chi connectivity index (χ0n) is 12.6. The van der Waals surface area contributed by atoms with Crippen LogP contribution in [-0.2, 0) is 13.0 Å². The molecule has 0 spiro atoms. The number of phenols is 1. The third-order valence-corrected chi connectivity index (χ3v) is 3.60. The maximum absolute atomic E-state index is 10.1. The van der Waals surface area contributed by atoms with Crippen molar-refractivity contribution in [3.63, 3.8) is 0 Å². The first-order valence-corrected chi connectivity index (χ1v) is 7.52. The maximum Gasteiger partial charge on any atom is 0.125 e. The summed E-state index contributed by atoms with van der Waals surface area (Å²) in [6.07, 6.45) is 3.94. The number of aryl methyl sites for hydroxylation is 1. The minimum Gasteiger partial charge on any atom is -0.507 e. The molecule has 0 saturated heterocycles. The van der Waals surface area contributed by atoms with Gasteiger partial charge >= 0.3 is 0 Å². The maximum atomic E-state index is 10.1. The number of phenolic OH excluding ortho intramolecular Hbond substituents is 1. The van der Waals surface area contributed by atoms with Crippen LogP contribution in [0, 0.1) is 0 Å². The monoisotopic (exact) mass is 293 g/mol. The Morgan fingerprint density at radius 2 is 1.86 bits per heavy atom. The van der Waals surface area contributed by atoms with E-state index in [0.29, 0.717) is 12.2 Å². The van der Waals surface area contributed by atoms with Crippen LogP contribution in [0.15, 0.2) is 54.7 Å². The van der Waals surface area contributed by atoms with Gasteiger partial charge in [0.1, 0.15) is 11.4 Å². The Morgan fingerprint density at radius 1 is 1.05 bits per heavy atom. The van der Waals surface area contributed by atoms with Crippen molar-refractivity contribution in [3.8, 4) is 17.0 Å². The van der Waals surface area contributed by atoms with Gasteiger partial charge in [-0.15, -0.1) is 5.10 Å². The molecule has 2 aromatic carbocycles. The zero-order chi connectivity index (χ0) is 15.4. The molecule has 0 amide bonds. The number of rotatable bonds is 5. The molecule has 0 aliphatic heterocycles. The molecule has 22 heavy (non-hydrogen) atoms. The molecular formula is C18H19N3O. The highest BCUT2D eigenvalue weighted by atomic mass is 16.3. The lowest BCUT2D eigenvalue weighted by atomic mass is 10.0. The first kappa shape index (κ1) is 14.3. The first-order chi connectivity index (χ1) is 10.8. The molecule has 0 fully saturated rings. The fourth-order valence-corrected chi connectivity index (χ4v) is 2.50. The average Bonchev–Trinajstić information content (AvgIpc) is 2.99. The van der Waals surface area contributed by atoms with Crippen LogP contribution in [0.1, 0.15) is 24.5 Å². The number of nitrogens with zero attached hydrogens (tertiary/aromatic N) is 3. The van der Waals surface area contributed by atoms with Gasteiger partial charge in [0.05, 0.1) is 12.7 Å². The largest absolute Gasteiger partial charge is 0.507 e.